The van der Waals surface area contributed by atoms with Crippen molar-refractivity contribution in [3.05, 3.63) is 71.5 Å². The average molecular weight is 374 g/mol. The summed E-state index contributed by atoms with van der Waals surface area (Å²) >= 11 is 0. The number of pyridine rings is 1. The second kappa shape index (κ2) is 7.23. The summed E-state index contributed by atoms with van der Waals surface area (Å²) in [5.41, 5.74) is 5.45. The summed E-state index contributed by atoms with van der Waals surface area (Å²) in [4.78, 5) is 16.8. The summed E-state index contributed by atoms with van der Waals surface area (Å²) < 4.78 is 13.2. The smallest absolute Gasteiger partial charge is 0.251 e. The van der Waals surface area contributed by atoms with Gasteiger partial charge in [-0.05, 0) is 67.9 Å². The number of aromatic amines is 1. The minimum atomic E-state index is -0.282. The third kappa shape index (κ3) is 3.24. The molecule has 2 aromatic heterocycles. The van der Waals surface area contributed by atoms with Gasteiger partial charge in [-0.3, -0.25) is 9.89 Å². The van der Waals surface area contributed by atoms with Crippen molar-refractivity contribution in [2.45, 2.75) is 13.8 Å². The van der Waals surface area contributed by atoms with Crippen LogP contribution in [0.2, 0.25) is 0 Å². The summed E-state index contributed by atoms with van der Waals surface area (Å²) in [5, 5.41) is 11.0. The maximum atomic E-state index is 13.2. The van der Waals surface area contributed by atoms with Crippen LogP contribution in [0, 0.1) is 12.7 Å². The quantitative estimate of drug-likeness (QED) is 0.553. The van der Waals surface area contributed by atoms with Crippen LogP contribution >= 0.6 is 0 Å². The molecule has 4 rings (SSSR count). The highest BCUT2D eigenvalue weighted by molar-refractivity contribution is 5.96. The van der Waals surface area contributed by atoms with Crippen LogP contribution in [0.1, 0.15) is 22.8 Å². The topological polar surface area (TPSA) is 70.7 Å². The molecule has 1 amide bonds. The molecule has 0 fully saturated rings. The Morgan fingerprint density at radius 3 is 2.64 bits per heavy atom. The fourth-order valence-electron chi connectivity index (χ4n) is 3.19. The SMILES string of the molecule is CCNC(=O)c1ccc(C)c(-c2ccc3c(-c4ccc(F)cc4)[nH]nc3n2)c1. The molecule has 4 aromatic rings. The van der Waals surface area contributed by atoms with Gasteiger partial charge in [0.05, 0.1) is 11.4 Å². The maximum absolute atomic E-state index is 13.2. The molecule has 0 atom stereocenters. The molecular weight excluding hydrogens is 355 g/mol. The van der Waals surface area contributed by atoms with Crippen molar-refractivity contribution in [3.8, 4) is 22.5 Å². The van der Waals surface area contributed by atoms with Gasteiger partial charge in [0.25, 0.3) is 5.91 Å². The zero-order valence-corrected chi connectivity index (χ0v) is 15.6. The van der Waals surface area contributed by atoms with E-state index in [0.29, 0.717) is 17.8 Å². The number of hydrogen-bond acceptors (Lipinski definition) is 3. The van der Waals surface area contributed by atoms with Crippen molar-refractivity contribution in [3.63, 3.8) is 0 Å². The molecule has 0 aliphatic rings. The van der Waals surface area contributed by atoms with E-state index in [-0.39, 0.29) is 11.7 Å². The minimum absolute atomic E-state index is 0.108. The molecule has 6 heteroatoms. The number of amides is 1. The molecule has 0 saturated carbocycles. The van der Waals surface area contributed by atoms with Crippen LogP contribution in [0.3, 0.4) is 0 Å². The van der Waals surface area contributed by atoms with Crippen LogP contribution in [0.5, 0.6) is 0 Å². The normalized spacial score (nSPS) is 11.0. The second-order valence-electron chi connectivity index (χ2n) is 6.56. The number of rotatable bonds is 4. The van der Waals surface area contributed by atoms with Gasteiger partial charge in [-0.15, -0.1) is 0 Å². The summed E-state index contributed by atoms with van der Waals surface area (Å²) in [7, 11) is 0. The van der Waals surface area contributed by atoms with Crippen molar-refractivity contribution in [2.75, 3.05) is 6.54 Å². The van der Waals surface area contributed by atoms with Crippen LogP contribution in [-0.4, -0.2) is 27.6 Å². The van der Waals surface area contributed by atoms with E-state index in [4.69, 9.17) is 0 Å². The molecule has 0 aliphatic carbocycles. The molecule has 0 bridgehead atoms. The van der Waals surface area contributed by atoms with Gasteiger partial charge >= 0.3 is 0 Å². The molecule has 0 spiro atoms. The van der Waals surface area contributed by atoms with E-state index in [9.17, 15) is 9.18 Å². The molecule has 0 aliphatic heterocycles. The van der Waals surface area contributed by atoms with Crippen molar-refractivity contribution < 1.29 is 9.18 Å². The number of hydrogen-bond donors (Lipinski definition) is 2. The predicted molar refractivity (Wildman–Crippen MR) is 107 cm³/mol. The van der Waals surface area contributed by atoms with Gasteiger partial charge in [-0.2, -0.15) is 5.10 Å². The lowest BCUT2D eigenvalue weighted by molar-refractivity contribution is 0.0956. The Balaban J connectivity index is 1.76. The third-order valence-corrected chi connectivity index (χ3v) is 4.66. The van der Waals surface area contributed by atoms with E-state index in [1.165, 1.54) is 12.1 Å². The third-order valence-electron chi connectivity index (χ3n) is 4.66. The summed E-state index contributed by atoms with van der Waals surface area (Å²) in [6.07, 6.45) is 0. The van der Waals surface area contributed by atoms with Crippen molar-refractivity contribution in [1.82, 2.24) is 20.5 Å². The Labute approximate surface area is 161 Å². The molecule has 0 radical (unpaired) electrons. The molecule has 28 heavy (non-hydrogen) atoms. The summed E-state index contributed by atoms with van der Waals surface area (Å²) in [6.45, 7) is 4.45. The highest BCUT2D eigenvalue weighted by atomic mass is 19.1. The standard InChI is InChI=1S/C22H19FN4O/c1-3-24-22(28)15-5-4-13(2)18(12-15)19-11-10-17-20(26-27-21(17)25-19)14-6-8-16(23)9-7-14/h4-12H,3H2,1-2H3,(H,24,28)(H,25,26,27). The van der Waals surface area contributed by atoms with E-state index in [0.717, 1.165) is 33.5 Å². The van der Waals surface area contributed by atoms with Crippen LogP contribution in [0.25, 0.3) is 33.5 Å². The van der Waals surface area contributed by atoms with E-state index >= 15 is 0 Å². The number of nitrogens with one attached hydrogen (secondary N) is 2. The molecule has 140 valence electrons. The van der Waals surface area contributed by atoms with E-state index in [2.05, 4.69) is 20.5 Å². The molecule has 0 saturated heterocycles. The van der Waals surface area contributed by atoms with Gasteiger partial charge < -0.3 is 5.32 Å². The first-order valence-electron chi connectivity index (χ1n) is 9.07. The maximum Gasteiger partial charge on any atom is 0.251 e. The van der Waals surface area contributed by atoms with Gasteiger partial charge in [0, 0.05) is 28.6 Å². The number of carbonyl (C=O) groups excluding carboxylic acids is 1. The van der Waals surface area contributed by atoms with Gasteiger partial charge in [0.15, 0.2) is 5.65 Å². The lowest BCUT2D eigenvalue weighted by atomic mass is 10.0. The average Bonchev–Trinajstić information content (AvgIpc) is 3.12. The van der Waals surface area contributed by atoms with Crippen molar-refractivity contribution in [1.29, 1.82) is 0 Å². The highest BCUT2D eigenvalue weighted by Gasteiger charge is 2.13. The zero-order chi connectivity index (χ0) is 19.7. The first-order chi connectivity index (χ1) is 13.6. The number of fused-ring (bicyclic) bond motifs is 1. The first kappa shape index (κ1) is 17.9. The fraction of sp³-hybridized carbons (Fsp3) is 0.136. The number of halogens is 1. The molecule has 2 aromatic carbocycles. The lowest BCUT2D eigenvalue weighted by Gasteiger charge is -2.09. The second-order valence-corrected chi connectivity index (χ2v) is 6.56. The molecular formula is C22H19FN4O. The molecule has 0 unspecified atom stereocenters. The van der Waals surface area contributed by atoms with Gasteiger partial charge in [-0.25, -0.2) is 9.37 Å². The molecule has 2 heterocycles. The fourth-order valence-corrected chi connectivity index (χ4v) is 3.19. The number of nitrogens with zero attached hydrogens (tertiary/aromatic N) is 2. The van der Waals surface area contributed by atoms with E-state index < -0.39 is 0 Å². The number of aromatic nitrogens is 3. The number of carbonyl (C=O) groups is 1. The number of H-pyrrole nitrogens is 1. The Hall–Kier alpha value is -3.54. The first-order valence-corrected chi connectivity index (χ1v) is 9.07. The van der Waals surface area contributed by atoms with Crippen LogP contribution in [0.4, 0.5) is 4.39 Å². The van der Waals surface area contributed by atoms with Crippen LogP contribution in [-0.2, 0) is 0 Å². The van der Waals surface area contributed by atoms with Crippen molar-refractivity contribution >= 4 is 16.9 Å². The largest absolute Gasteiger partial charge is 0.352 e. The van der Waals surface area contributed by atoms with E-state index in [1.807, 2.05) is 44.2 Å². The minimum Gasteiger partial charge on any atom is -0.352 e. The van der Waals surface area contributed by atoms with E-state index in [1.54, 1.807) is 12.1 Å². The van der Waals surface area contributed by atoms with Gasteiger partial charge in [0.2, 0.25) is 0 Å². The lowest BCUT2D eigenvalue weighted by Crippen LogP contribution is -2.22. The van der Waals surface area contributed by atoms with Gasteiger partial charge in [0.1, 0.15) is 5.82 Å². The number of aryl methyl sites for hydroxylation is 1. The van der Waals surface area contributed by atoms with Crippen molar-refractivity contribution in [2.24, 2.45) is 0 Å². The van der Waals surface area contributed by atoms with Crippen LogP contribution < -0.4 is 5.32 Å². The highest BCUT2D eigenvalue weighted by Crippen LogP contribution is 2.29. The predicted octanol–water partition coefficient (Wildman–Crippen LogP) is 4.49. The Kier molecular flexibility index (Phi) is 4.61. The zero-order valence-electron chi connectivity index (χ0n) is 15.6. The van der Waals surface area contributed by atoms with Crippen LogP contribution in [0.15, 0.2) is 54.6 Å². The molecule has 5 nitrogen and oxygen atoms in total. The Morgan fingerprint density at radius 2 is 1.89 bits per heavy atom. The summed E-state index contributed by atoms with van der Waals surface area (Å²) in [5.74, 6) is -0.390. The Bertz CT molecular complexity index is 1170. The monoisotopic (exact) mass is 374 g/mol. The van der Waals surface area contributed by atoms with Gasteiger partial charge in [-0.1, -0.05) is 6.07 Å². The molecule has 2 N–H and O–H groups in total. The number of benzene rings is 2. The Morgan fingerprint density at radius 1 is 1.11 bits per heavy atom. The summed E-state index contributed by atoms with van der Waals surface area (Å²) in [6, 6.07) is 15.7.